The van der Waals surface area contributed by atoms with Gasteiger partial charge in [0.05, 0.1) is 10.2 Å². The van der Waals surface area contributed by atoms with Gasteiger partial charge in [0.2, 0.25) is 0 Å². The highest BCUT2D eigenvalue weighted by atomic mass is 32.1. The lowest BCUT2D eigenvalue weighted by Gasteiger charge is -2.10. The zero-order chi connectivity index (χ0) is 37.0. The molecule has 0 amide bonds. The Bertz CT molecular complexity index is 3240. The summed E-state index contributed by atoms with van der Waals surface area (Å²) in [6.45, 7) is 0. The van der Waals surface area contributed by atoms with E-state index in [1.165, 1.54) is 41.2 Å². The maximum Gasteiger partial charge on any atom is 0.164 e. The Morgan fingerprint density at radius 1 is 0.286 bits per heavy atom. The van der Waals surface area contributed by atoms with Gasteiger partial charge in [-0.05, 0) is 63.4 Å². The third kappa shape index (κ3) is 5.93. The standard InChI is InChI=1S/C50H30N4S2/c1-3-11-33(12-4-1)47-52-48(34-21-18-32(19-22-34)38-23-20-31-10-7-8-15-36(31)26-38)54-49(53-47)40-17-9-16-37(27-40)39-24-25-41-42-29-46-43(30-45(42)55-44(41)28-39)51-50(56-46)35-13-5-2-6-14-35/h1-30H. The third-order valence-electron chi connectivity index (χ3n) is 10.3. The summed E-state index contributed by atoms with van der Waals surface area (Å²) in [5.41, 5.74) is 9.62. The molecule has 0 radical (unpaired) electrons. The molecule has 0 spiro atoms. The molecule has 0 fully saturated rings. The SMILES string of the molecule is c1ccc(-c2nc(-c3ccc(-c4ccc5ccccc5c4)cc3)nc(-c3cccc(-c4ccc5c(c4)sc4cc6nc(-c7ccccc7)sc6cc45)c3)n2)cc1. The van der Waals surface area contributed by atoms with Gasteiger partial charge < -0.3 is 0 Å². The lowest BCUT2D eigenvalue weighted by Crippen LogP contribution is -2.00. The monoisotopic (exact) mass is 750 g/mol. The van der Waals surface area contributed by atoms with Crippen LogP contribution in [-0.2, 0) is 0 Å². The molecule has 0 aliphatic rings. The molecule has 11 rings (SSSR count). The molecule has 6 heteroatoms. The van der Waals surface area contributed by atoms with E-state index in [9.17, 15) is 0 Å². The van der Waals surface area contributed by atoms with Gasteiger partial charge in [-0.15, -0.1) is 22.7 Å². The number of aromatic nitrogens is 4. The molecule has 3 heterocycles. The maximum absolute atomic E-state index is 5.08. The minimum atomic E-state index is 0.639. The summed E-state index contributed by atoms with van der Waals surface area (Å²) in [7, 11) is 0. The van der Waals surface area contributed by atoms with Crippen molar-refractivity contribution in [2.24, 2.45) is 0 Å². The minimum absolute atomic E-state index is 0.639. The Morgan fingerprint density at radius 2 is 0.839 bits per heavy atom. The molecule has 0 saturated heterocycles. The van der Waals surface area contributed by atoms with Gasteiger partial charge in [0.25, 0.3) is 0 Å². The summed E-state index contributed by atoms with van der Waals surface area (Å²) >= 11 is 3.57. The third-order valence-corrected chi connectivity index (χ3v) is 12.5. The lowest BCUT2D eigenvalue weighted by atomic mass is 10.00. The number of thiophene rings is 1. The van der Waals surface area contributed by atoms with Gasteiger partial charge in [0.1, 0.15) is 5.01 Å². The molecule has 11 aromatic rings. The summed E-state index contributed by atoms with van der Waals surface area (Å²) in [5, 5.41) is 6.06. The molecule has 8 aromatic carbocycles. The fourth-order valence-electron chi connectivity index (χ4n) is 7.45. The van der Waals surface area contributed by atoms with Gasteiger partial charge >= 0.3 is 0 Å². The Hall–Kier alpha value is -6.86. The van der Waals surface area contributed by atoms with E-state index in [1.54, 1.807) is 11.3 Å². The number of fused-ring (bicyclic) bond motifs is 5. The average molecular weight is 751 g/mol. The van der Waals surface area contributed by atoms with E-state index in [0.29, 0.717) is 17.5 Å². The van der Waals surface area contributed by atoms with E-state index in [2.05, 4.69) is 146 Å². The molecule has 0 bridgehead atoms. The van der Waals surface area contributed by atoms with Crippen LogP contribution in [-0.4, -0.2) is 19.9 Å². The van der Waals surface area contributed by atoms with Crippen molar-refractivity contribution in [3.63, 3.8) is 0 Å². The van der Waals surface area contributed by atoms with Crippen molar-refractivity contribution in [3.8, 4) is 67.0 Å². The fourth-order valence-corrected chi connectivity index (χ4v) is 9.60. The number of benzene rings is 8. The van der Waals surface area contributed by atoms with Gasteiger partial charge in [-0.1, -0.05) is 152 Å². The van der Waals surface area contributed by atoms with Crippen LogP contribution in [0.5, 0.6) is 0 Å². The van der Waals surface area contributed by atoms with Crippen LogP contribution in [0.25, 0.3) is 108 Å². The van der Waals surface area contributed by atoms with Crippen molar-refractivity contribution in [2.75, 3.05) is 0 Å². The van der Waals surface area contributed by atoms with Crippen molar-refractivity contribution < 1.29 is 0 Å². The van der Waals surface area contributed by atoms with Gasteiger partial charge in [0, 0.05) is 42.4 Å². The first-order chi connectivity index (χ1) is 27.7. The number of thiazole rings is 1. The van der Waals surface area contributed by atoms with Crippen molar-refractivity contribution in [3.05, 3.63) is 182 Å². The molecule has 262 valence electrons. The van der Waals surface area contributed by atoms with Crippen molar-refractivity contribution in [2.45, 2.75) is 0 Å². The summed E-state index contributed by atoms with van der Waals surface area (Å²) in [6, 6.07) is 64.0. The zero-order valence-corrected chi connectivity index (χ0v) is 31.6. The number of nitrogens with zero attached hydrogens (tertiary/aromatic N) is 4. The Labute approximate surface area is 331 Å². The van der Waals surface area contributed by atoms with Crippen LogP contribution in [0.3, 0.4) is 0 Å². The summed E-state index contributed by atoms with van der Waals surface area (Å²) in [5.74, 6) is 1.92. The Balaban J connectivity index is 0.950. The van der Waals surface area contributed by atoms with Crippen LogP contribution in [0.2, 0.25) is 0 Å². The molecule has 0 aliphatic heterocycles. The van der Waals surface area contributed by atoms with Crippen LogP contribution in [0.15, 0.2) is 182 Å². The van der Waals surface area contributed by atoms with Crippen molar-refractivity contribution in [1.82, 2.24) is 19.9 Å². The van der Waals surface area contributed by atoms with Crippen molar-refractivity contribution in [1.29, 1.82) is 0 Å². The molecule has 3 aromatic heterocycles. The quantitative estimate of drug-likeness (QED) is 0.170. The predicted octanol–water partition coefficient (Wildman–Crippen LogP) is 14.0. The molecule has 0 atom stereocenters. The molecule has 0 saturated carbocycles. The van der Waals surface area contributed by atoms with E-state index >= 15 is 0 Å². The van der Waals surface area contributed by atoms with Crippen molar-refractivity contribution >= 4 is 63.8 Å². The van der Waals surface area contributed by atoms with Gasteiger partial charge in [-0.2, -0.15) is 0 Å². The average Bonchev–Trinajstić information content (AvgIpc) is 3.86. The van der Waals surface area contributed by atoms with E-state index in [1.807, 2.05) is 47.7 Å². The van der Waals surface area contributed by atoms with E-state index < -0.39 is 0 Å². The molecule has 0 aliphatic carbocycles. The highest BCUT2D eigenvalue weighted by Crippen LogP contribution is 2.41. The second kappa shape index (κ2) is 13.5. The van der Waals surface area contributed by atoms with Crippen LogP contribution < -0.4 is 0 Å². The smallest absolute Gasteiger partial charge is 0.164 e. The van der Waals surface area contributed by atoms with Crippen LogP contribution in [0.1, 0.15) is 0 Å². The minimum Gasteiger partial charge on any atom is -0.236 e. The van der Waals surface area contributed by atoms with E-state index in [-0.39, 0.29) is 0 Å². The Morgan fingerprint density at radius 3 is 1.62 bits per heavy atom. The largest absolute Gasteiger partial charge is 0.236 e. The highest BCUT2D eigenvalue weighted by molar-refractivity contribution is 7.26. The fraction of sp³-hybridized carbons (Fsp3) is 0. The molecular weight excluding hydrogens is 721 g/mol. The predicted molar refractivity (Wildman–Crippen MR) is 236 cm³/mol. The molecule has 56 heavy (non-hydrogen) atoms. The van der Waals surface area contributed by atoms with E-state index in [4.69, 9.17) is 19.9 Å². The summed E-state index contributed by atoms with van der Waals surface area (Å²) < 4.78 is 3.71. The van der Waals surface area contributed by atoms with Gasteiger partial charge in [0.15, 0.2) is 17.5 Å². The van der Waals surface area contributed by atoms with Crippen LogP contribution in [0.4, 0.5) is 0 Å². The second-order valence-electron chi connectivity index (χ2n) is 13.9. The topological polar surface area (TPSA) is 51.6 Å². The summed E-state index contributed by atoms with van der Waals surface area (Å²) in [4.78, 5) is 20.1. The van der Waals surface area contributed by atoms with Crippen LogP contribution >= 0.6 is 22.7 Å². The van der Waals surface area contributed by atoms with Gasteiger partial charge in [-0.3, -0.25) is 0 Å². The lowest BCUT2D eigenvalue weighted by molar-refractivity contribution is 1.07. The molecular formula is C50H30N4S2. The highest BCUT2D eigenvalue weighted by Gasteiger charge is 2.15. The number of rotatable bonds is 6. The summed E-state index contributed by atoms with van der Waals surface area (Å²) in [6.07, 6.45) is 0. The Kier molecular flexibility index (Phi) is 7.83. The molecule has 0 unspecified atom stereocenters. The van der Waals surface area contributed by atoms with E-state index in [0.717, 1.165) is 49.5 Å². The maximum atomic E-state index is 5.08. The number of hydrogen-bond donors (Lipinski definition) is 0. The zero-order valence-electron chi connectivity index (χ0n) is 29.9. The first kappa shape index (κ1) is 32.6. The first-order valence-corrected chi connectivity index (χ1v) is 20.2. The first-order valence-electron chi connectivity index (χ1n) is 18.5. The second-order valence-corrected chi connectivity index (χ2v) is 16.0. The number of hydrogen-bond acceptors (Lipinski definition) is 6. The van der Waals surface area contributed by atoms with Gasteiger partial charge in [-0.25, -0.2) is 19.9 Å². The molecule has 0 N–H and O–H groups in total. The van der Waals surface area contributed by atoms with Crippen LogP contribution in [0, 0.1) is 0 Å². The normalized spacial score (nSPS) is 11.6. The molecule has 4 nitrogen and oxygen atoms in total.